The monoisotopic (exact) mass is 351 g/mol. The number of aromatic carboxylic acids is 1. The van der Waals surface area contributed by atoms with Crippen LogP contribution in [0.1, 0.15) is 22.8 Å². The van der Waals surface area contributed by atoms with Crippen LogP contribution < -0.4 is 0 Å². The van der Waals surface area contributed by atoms with Crippen molar-refractivity contribution in [2.75, 3.05) is 13.2 Å². The van der Waals surface area contributed by atoms with Crippen LogP contribution in [0.15, 0.2) is 29.2 Å². The number of carboxylic acid groups (broad SMARTS) is 1. The Balaban J connectivity index is 2.14. The van der Waals surface area contributed by atoms with Gasteiger partial charge in [-0.1, -0.05) is 36.1 Å². The van der Waals surface area contributed by atoms with Crippen molar-refractivity contribution in [1.29, 1.82) is 0 Å². The highest BCUT2D eigenvalue weighted by molar-refractivity contribution is 8.26. The minimum absolute atomic E-state index is 0.164. The number of ether oxygens (including phenoxy) is 1. The summed E-state index contributed by atoms with van der Waals surface area (Å²) >= 11 is 6.20. The van der Waals surface area contributed by atoms with Gasteiger partial charge in [-0.15, -0.1) is 0 Å². The molecule has 0 spiro atoms. The fraction of sp³-hybridized carbons (Fsp3) is 0.200. The average Bonchev–Trinajstić information content (AvgIpc) is 2.76. The van der Waals surface area contributed by atoms with Gasteiger partial charge in [-0.25, -0.2) is 4.79 Å². The maximum Gasteiger partial charge on any atom is 0.335 e. The lowest BCUT2D eigenvalue weighted by Crippen LogP contribution is -2.34. The molecule has 1 amide bonds. The molecule has 1 saturated heterocycles. The first kappa shape index (κ1) is 17.2. The SMILES string of the molecule is CCOC(=O)CN1C(=O)/C(=C/c2ccc(C(=O)O)cc2)SC1=S. The summed E-state index contributed by atoms with van der Waals surface area (Å²) in [6.07, 6.45) is 1.61. The van der Waals surface area contributed by atoms with Gasteiger partial charge in [-0.2, -0.15) is 0 Å². The molecule has 1 aromatic carbocycles. The highest BCUT2D eigenvalue weighted by atomic mass is 32.2. The molecule has 0 atom stereocenters. The Bertz CT molecular complexity index is 696. The van der Waals surface area contributed by atoms with Gasteiger partial charge < -0.3 is 9.84 Å². The number of carboxylic acids is 1. The van der Waals surface area contributed by atoms with Crippen molar-refractivity contribution in [3.63, 3.8) is 0 Å². The predicted molar refractivity (Wildman–Crippen MR) is 89.9 cm³/mol. The molecule has 1 N–H and O–H groups in total. The summed E-state index contributed by atoms with van der Waals surface area (Å²) in [5, 5.41) is 8.86. The first-order chi connectivity index (χ1) is 10.9. The van der Waals surface area contributed by atoms with Gasteiger partial charge in [0.2, 0.25) is 0 Å². The molecule has 0 aliphatic carbocycles. The van der Waals surface area contributed by atoms with Crippen LogP contribution in [0, 0.1) is 0 Å². The van der Waals surface area contributed by atoms with E-state index in [0.717, 1.165) is 11.8 Å². The van der Waals surface area contributed by atoms with E-state index < -0.39 is 11.9 Å². The van der Waals surface area contributed by atoms with E-state index in [4.69, 9.17) is 22.1 Å². The number of carbonyl (C=O) groups excluding carboxylic acids is 2. The van der Waals surface area contributed by atoms with E-state index in [-0.39, 0.29) is 28.9 Å². The van der Waals surface area contributed by atoms with Crippen molar-refractivity contribution in [1.82, 2.24) is 4.90 Å². The Kier molecular flexibility index (Phi) is 5.51. The van der Waals surface area contributed by atoms with Crippen LogP contribution in [0.4, 0.5) is 0 Å². The average molecular weight is 351 g/mol. The zero-order valence-electron chi connectivity index (χ0n) is 12.1. The Morgan fingerprint density at radius 1 is 1.35 bits per heavy atom. The number of benzene rings is 1. The lowest BCUT2D eigenvalue weighted by Gasteiger charge is -2.12. The Morgan fingerprint density at radius 3 is 2.57 bits per heavy atom. The van der Waals surface area contributed by atoms with Crippen molar-refractivity contribution in [3.8, 4) is 0 Å². The summed E-state index contributed by atoms with van der Waals surface area (Å²) in [5.74, 6) is -1.90. The quantitative estimate of drug-likeness (QED) is 0.494. The largest absolute Gasteiger partial charge is 0.478 e. The fourth-order valence-corrected chi connectivity index (χ4v) is 3.10. The van der Waals surface area contributed by atoms with E-state index in [1.165, 1.54) is 17.0 Å². The molecular weight excluding hydrogens is 338 g/mol. The molecule has 0 unspecified atom stereocenters. The van der Waals surface area contributed by atoms with Crippen LogP contribution in [-0.4, -0.2) is 45.3 Å². The number of thiocarbonyl (C=S) groups is 1. The molecule has 2 rings (SSSR count). The van der Waals surface area contributed by atoms with Gasteiger partial charge in [0.15, 0.2) is 0 Å². The van der Waals surface area contributed by atoms with E-state index >= 15 is 0 Å². The van der Waals surface area contributed by atoms with Gasteiger partial charge >= 0.3 is 11.9 Å². The second-order valence-electron chi connectivity index (χ2n) is 4.50. The molecule has 1 aromatic rings. The zero-order valence-corrected chi connectivity index (χ0v) is 13.8. The first-order valence-corrected chi connectivity index (χ1v) is 7.89. The van der Waals surface area contributed by atoms with Gasteiger partial charge in [0.25, 0.3) is 5.91 Å². The highest BCUT2D eigenvalue weighted by Gasteiger charge is 2.33. The Labute approximate surface area is 142 Å². The summed E-state index contributed by atoms with van der Waals surface area (Å²) in [5.41, 5.74) is 0.837. The molecule has 1 aliphatic rings. The standard InChI is InChI=1S/C15H13NO5S2/c1-2-21-12(17)8-16-13(18)11(23-15(16)22)7-9-3-5-10(6-4-9)14(19)20/h3-7H,2,8H2,1H3,(H,19,20)/b11-7-. The molecule has 6 nitrogen and oxygen atoms in total. The first-order valence-electron chi connectivity index (χ1n) is 6.66. The minimum atomic E-state index is -1.02. The van der Waals surface area contributed by atoms with Crippen LogP contribution in [0.2, 0.25) is 0 Å². The number of rotatable bonds is 5. The minimum Gasteiger partial charge on any atom is -0.478 e. The van der Waals surface area contributed by atoms with Gasteiger partial charge in [-0.05, 0) is 30.7 Å². The summed E-state index contributed by atoms with van der Waals surface area (Å²) in [4.78, 5) is 36.2. The number of thioether (sulfide) groups is 1. The Morgan fingerprint density at radius 2 is 2.00 bits per heavy atom. The van der Waals surface area contributed by atoms with Crippen LogP contribution in [0.5, 0.6) is 0 Å². The number of amides is 1. The van der Waals surface area contributed by atoms with E-state index in [1.807, 2.05) is 0 Å². The van der Waals surface area contributed by atoms with Crippen molar-refractivity contribution in [3.05, 3.63) is 40.3 Å². The molecule has 0 aromatic heterocycles. The van der Waals surface area contributed by atoms with Crippen LogP contribution in [0.25, 0.3) is 6.08 Å². The molecule has 1 aliphatic heterocycles. The highest BCUT2D eigenvalue weighted by Crippen LogP contribution is 2.32. The zero-order chi connectivity index (χ0) is 17.0. The lowest BCUT2D eigenvalue weighted by molar-refractivity contribution is -0.145. The second-order valence-corrected chi connectivity index (χ2v) is 6.18. The number of hydrogen-bond donors (Lipinski definition) is 1. The maximum atomic E-state index is 12.3. The summed E-state index contributed by atoms with van der Waals surface area (Å²) in [6.45, 7) is 1.70. The van der Waals surface area contributed by atoms with Crippen LogP contribution in [-0.2, 0) is 14.3 Å². The second kappa shape index (κ2) is 7.38. The van der Waals surface area contributed by atoms with Gasteiger partial charge in [0, 0.05) is 0 Å². The normalized spacial score (nSPS) is 16.0. The van der Waals surface area contributed by atoms with E-state index in [9.17, 15) is 14.4 Å². The third-order valence-corrected chi connectivity index (χ3v) is 4.30. The lowest BCUT2D eigenvalue weighted by atomic mass is 10.1. The number of carbonyl (C=O) groups is 3. The molecule has 0 bridgehead atoms. The van der Waals surface area contributed by atoms with Gasteiger partial charge in [-0.3, -0.25) is 14.5 Å². The van der Waals surface area contributed by atoms with Crippen molar-refractivity contribution < 1.29 is 24.2 Å². The molecule has 23 heavy (non-hydrogen) atoms. The summed E-state index contributed by atoms with van der Waals surface area (Å²) in [6, 6.07) is 6.10. The number of hydrogen-bond acceptors (Lipinski definition) is 6. The smallest absolute Gasteiger partial charge is 0.335 e. The summed E-state index contributed by atoms with van der Waals surface area (Å²) < 4.78 is 5.10. The molecule has 120 valence electrons. The molecular formula is C15H13NO5S2. The maximum absolute atomic E-state index is 12.3. The van der Waals surface area contributed by atoms with Crippen molar-refractivity contribution >= 4 is 52.2 Å². The third kappa shape index (κ3) is 4.17. The van der Waals surface area contributed by atoms with Crippen LogP contribution in [0.3, 0.4) is 0 Å². The fourth-order valence-electron chi connectivity index (χ4n) is 1.85. The number of esters is 1. The summed E-state index contributed by atoms with van der Waals surface area (Å²) in [7, 11) is 0. The topological polar surface area (TPSA) is 83.9 Å². The van der Waals surface area contributed by atoms with E-state index in [1.54, 1.807) is 25.1 Å². The van der Waals surface area contributed by atoms with Crippen molar-refractivity contribution in [2.24, 2.45) is 0 Å². The predicted octanol–water partition coefficient (Wildman–Crippen LogP) is 2.15. The molecule has 8 heteroatoms. The van der Waals surface area contributed by atoms with Gasteiger partial charge in [0.1, 0.15) is 10.9 Å². The third-order valence-electron chi connectivity index (χ3n) is 2.92. The molecule has 1 heterocycles. The van der Waals surface area contributed by atoms with E-state index in [0.29, 0.717) is 10.5 Å². The van der Waals surface area contributed by atoms with Gasteiger partial charge in [0.05, 0.1) is 17.1 Å². The molecule has 0 radical (unpaired) electrons. The Hall–Kier alpha value is -2.19. The number of nitrogens with zero attached hydrogens (tertiary/aromatic N) is 1. The van der Waals surface area contributed by atoms with Crippen molar-refractivity contribution in [2.45, 2.75) is 6.92 Å². The molecule has 1 fully saturated rings. The van der Waals surface area contributed by atoms with E-state index in [2.05, 4.69) is 0 Å². The van der Waals surface area contributed by atoms with Crippen LogP contribution >= 0.6 is 24.0 Å². The molecule has 0 saturated carbocycles.